The van der Waals surface area contributed by atoms with Crippen molar-refractivity contribution < 1.29 is 18.8 Å². The molecule has 3 aromatic rings. The number of carbonyl (C=O) groups is 3. The highest BCUT2D eigenvalue weighted by atomic mass is 35.5. The van der Waals surface area contributed by atoms with Gasteiger partial charge in [0.25, 0.3) is 5.56 Å². The number of likely N-dealkylation sites (tertiary alicyclic amines) is 1. The summed E-state index contributed by atoms with van der Waals surface area (Å²) >= 11 is 6.24. The zero-order valence-corrected chi connectivity index (χ0v) is 27.0. The summed E-state index contributed by atoms with van der Waals surface area (Å²) in [6.45, 7) is 6.90. The number of benzene rings is 2. The van der Waals surface area contributed by atoms with Crippen LogP contribution in [0.25, 0.3) is 11.1 Å². The number of fused-ring (bicyclic) bond motifs is 1. The Kier molecular flexibility index (Phi) is 9.66. The highest BCUT2D eigenvalue weighted by Gasteiger charge is 2.38. The number of anilines is 1. The first-order valence-electron chi connectivity index (χ1n) is 15.4. The SMILES string of the molecule is CC(=O)NCC(C)n1c(=O)c(-c2cccc(F)c2Cl)cn(CC(=O)N2C(C)CC(N3CCc4ccccc4NC3=O)CC2C)c1=O. The molecule has 0 radical (unpaired) electrons. The number of rotatable bonds is 7. The molecule has 3 unspecified atom stereocenters. The third kappa shape index (κ3) is 6.57. The quantitative estimate of drug-likeness (QED) is 0.399. The minimum absolute atomic E-state index is 0.0184. The number of carbonyl (C=O) groups excluding carboxylic acids is 3. The van der Waals surface area contributed by atoms with Gasteiger partial charge in [0.1, 0.15) is 12.4 Å². The fraction of sp³-hybridized carbons (Fsp3) is 0.424. The number of hydrogen-bond donors (Lipinski definition) is 2. The van der Waals surface area contributed by atoms with Crippen molar-refractivity contribution in [3.05, 3.63) is 85.9 Å². The molecule has 0 spiro atoms. The van der Waals surface area contributed by atoms with E-state index >= 15 is 0 Å². The molecule has 2 aromatic carbocycles. The van der Waals surface area contributed by atoms with Crippen LogP contribution in [0.4, 0.5) is 14.9 Å². The van der Waals surface area contributed by atoms with Gasteiger partial charge in [-0.2, -0.15) is 0 Å². The summed E-state index contributed by atoms with van der Waals surface area (Å²) in [6, 6.07) is 10.2. The molecule has 11 nitrogen and oxygen atoms in total. The Bertz CT molecular complexity index is 1780. The maximum absolute atomic E-state index is 14.4. The summed E-state index contributed by atoms with van der Waals surface area (Å²) in [5.74, 6) is -1.42. The fourth-order valence-electron chi connectivity index (χ4n) is 6.66. The van der Waals surface area contributed by atoms with Crippen molar-refractivity contribution >= 4 is 35.1 Å². The summed E-state index contributed by atoms with van der Waals surface area (Å²) in [5, 5.41) is 5.33. The Hall–Kier alpha value is -4.45. The van der Waals surface area contributed by atoms with E-state index in [1.807, 2.05) is 43.0 Å². The Balaban J connectivity index is 1.41. The van der Waals surface area contributed by atoms with Gasteiger partial charge in [0.15, 0.2) is 0 Å². The van der Waals surface area contributed by atoms with Gasteiger partial charge in [-0.1, -0.05) is 41.9 Å². The monoisotopic (exact) mass is 652 g/mol. The van der Waals surface area contributed by atoms with Gasteiger partial charge in [-0.25, -0.2) is 14.0 Å². The molecule has 46 heavy (non-hydrogen) atoms. The molecule has 0 saturated carbocycles. The van der Waals surface area contributed by atoms with E-state index in [1.54, 1.807) is 11.8 Å². The Morgan fingerprint density at radius 1 is 1.04 bits per heavy atom. The van der Waals surface area contributed by atoms with Crippen LogP contribution in [0.1, 0.15) is 52.1 Å². The molecule has 2 N–H and O–H groups in total. The number of hydrogen-bond acceptors (Lipinski definition) is 5. The van der Waals surface area contributed by atoms with Crippen LogP contribution in [-0.2, 0) is 22.6 Å². The molecule has 1 aromatic heterocycles. The summed E-state index contributed by atoms with van der Waals surface area (Å²) in [7, 11) is 0. The van der Waals surface area contributed by atoms with E-state index in [9.17, 15) is 28.4 Å². The van der Waals surface area contributed by atoms with Crippen molar-refractivity contribution in [1.29, 1.82) is 0 Å². The van der Waals surface area contributed by atoms with E-state index in [-0.39, 0.29) is 65.2 Å². The molecule has 2 aliphatic heterocycles. The Labute approximate surface area is 270 Å². The van der Waals surface area contributed by atoms with E-state index in [0.29, 0.717) is 25.8 Å². The summed E-state index contributed by atoms with van der Waals surface area (Å²) in [6.07, 6.45) is 3.05. The second kappa shape index (κ2) is 13.5. The molecule has 2 aliphatic rings. The maximum atomic E-state index is 14.4. The van der Waals surface area contributed by atoms with Crippen LogP contribution in [0.2, 0.25) is 5.02 Å². The van der Waals surface area contributed by atoms with Crippen molar-refractivity contribution in [2.24, 2.45) is 0 Å². The predicted octanol–water partition coefficient (Wildman–Crippen LogP) is 4.02. The average molecular weight is 653 g/mol. The molecule has 3 atom stereocenters. The zero-order valence-electron chi connectivity index (χ0n) is 26.3. The van der Waals surface area contributed by atoms with E-state index in [2.05, 4.69) is 10.6 Å². The van der Waals surface area contributed by atoms with Crippen LogP contribution in [0.3, 0.4) is 0 Å². The van der Waals surface area contributed by atoms with Gasteiger partial charge in [-0.15, -0.1) is 0 Å². The summed E-state index contributed by atoms with van der Waals surface area (Å²) < 4.78 is 16.5. The van der Waals surface area contributed by atoms with Crippen LogP contribution >= 0.6 is 11.6 Å². The van der Waals surface area contributed by atoms with Gasteiger partial charge < -0.3 is 20.4 Å². The van der Waals surface area contributed by atoms with E-state index < -0.39 is 23.1 Å². The lowest BCUT2D eigenvalue weighted by Crippen LogP contribution is -2.57. The topological polar surface area (TPSA) is 126 Å². The molecule has 3 heterocycles. The van der Waals surface area contributed by atoms with E-state index in [1.165, 1.54) is 25.3 Å². The number of aromatic nitrogens is 2. The van der Waals surface area contributed by atoms with Crippen LogP contribution in [-0.4, -0.2) is 68.0 Å². The number of urea groups is 1. The third-order valence-corrected chi connectivity index (χ3v) is 9.25. The molecule has 244 valence electrons. The third-order valence-electron chi connectivity index (χ3n) is 8.87. The van der Waals surface area contributed by atoms with Crippen LogP contribution < -0.4 is 21.9 Å². The average Bonchev–Trinajstić information content (AvgIpc) is 3.16. The zero-order chi connectivity index (χ0) is 33.3. The smallest absolute Gasteiger partial charge is 0.331 e. The van der Waals surface area contributed by atoms with Crippen molar-refractivity contribution in [2.75, 3.05) is 18.4 Å². The van der Waals surface area contributed by atoms with Crippen molar-refractivity contribution in [3.63, 3.8) is 0 Å². The molecule has 0 bridgehead atoms. The Morgan fingerprint density at radius 3 is 2.43 bits per heavy atom. The number of nitrogens with one attached hydrogen (secondary N) is 2. The molecule has 4 amide bonds. The number of amides is 4. The van der Waals surface area contributed by atoms with Gasteiger partial charge in [0.2, 0.25) is 11.8 Å². The lowest BCUT2D eigenvalue weighted by Gasteiger charge is -2.46. The summed E-state index contributed by atoms with van der Waals surface area (Å²) in [4.78, 5) is 69.5. The van der Waals surface area contributed by atoms with Gasteiger partial charge in [-0.3, -0.25) is 23.5 Å². The number of nitrogens with zero attached hydrogens (tertiary/aromatic N) is 4. The van der Waals surface area contributed by atoms with E-state index in [0.717, 1.165) is 26.5 Å². The second-order valence-corrected chi connectivity index (χ2v) is 12.5. The summed E-state index contributed by atoms with van der Waals surface area (Å²) in [5.41, 5.74) is 0.432. The molecule has 5 rings (SSSR count). The van der Waals surface area contributed by atoms with Crippen molar-refractivity contribution in [2.45, 2.75) is 77.7 Å². The normalized spacial score (nSPS) is 20.4. The van der Waals surface area contributed by atoms with Gasteiger partial charge in [-0.05, 0) is 57.7 Å². The molecule has 0 aliphatic carbocycles. The Morgan fingerprint density at radius 2 is 1.74 bits per heavy atom. The molecule has 13 heteroatoms. The van der Waals surface area contributed by atoms with Crippen LogP contribution in [0.5, 0.6) is 0 Å². The number of para-hydroxylation sites is 1. The largest absolute Gasteiger partial charge is 0.354 e. The highest BCUT2D eigenvalue weighted by molar-refractivity contribution is 6.33. The minimum Gasteiger partial charge on any atom is -0.354 e. The van der Waals surface area contributed by atoms with Crippen LogP contribution in [0, 0.1) is 5.82 Å². The van der Waals surface area contributed by atoms with Crippen LogP contribution in [0.15, 0.2) is 58.3 Å². The molecular weight excluding hydrogens is 615 g/mol. The first-order chi connectivity index (χ1) is 21.9. The lowest BCUT2D eigenvalue weighted by molar-refractivity contribution is -0.139. The fourth-order valence-corrected chi connectivity index (χ4v) is 6.89. The first-order valence-corrected chi connectivity index (χ1v) is 15.8. The minimum atomic E-state index is -0.781. The van der Waals surface area contributed by atoms with Gasteiger partial charge in [0, 0.05) is 55.6 Å². The lowest BCUT2D eigenvalue weighted by atomic mass is 9.91. The standard InChI is InChI=1S/C33H38ClFN6O5/c1-19-14-24(39-13-12-23-8-5-6-11-28(23)37-32(39)45)15-20(2)40(19)29(43)18-38-17-26(25-9-7-10-27(35)30(25)34)31(44)41(33(38)46)21(3)16-36-22(4)42/h5-11,17,19-21,24H,12-16,18H2,1-4H3,(H,36,42)(H,37,45). The van der Waals surface area contributed by atoms with Gasteiger partial charge in [0.05, 0.1) is 16.6 Å². The molecular formula is C33H38ClFN6O5. The number of halogens is 2. The van der Waals surface area contributed by atoms with E-state index in [4.69, 9.17) is 11.6 Å². The van der Waals surface area contributed by atoms with Crippen molar-refractivity contribution in [1.82, 2.24) is 24.3 Å². The number of piperidine rings is 1. The predicted molar refractivity (Wildman–Crippen MR) is 173 cm³/mol. The first kappa shape index (κ1) is 32.9. The second-order valence-electron chi connectivity index (χ2n) is 12.2. The van der Waals surface area contributed by atoms with Crippen molar-refractivity contribution in [3.8, 4) is 11.1 Å². The molecule has 1 fully saturated rings. The maximum Gasteiger partial charge on any atom is 0.331 e. The highest BCUT2D eigenvalue weighted by Crippen LogP contribution is 2.31. The molecule has 1 saturated heterocycles. The van der Waals surface area contributed by atoms with Gasteiger partial charge >= 0.3 is 11.7 Å².